The molecule has 0 aliphatic carbocycles. The van der Waals surface area contributed by atoms with Gasteiger partial charge in [0.25, 0.3) is 0 Å². The molecular formula is C15H24N2O3. The van der Waals surface area contributed by atoms with Gasteiger partial charge >= 0.3 is 0 Å². The monoisotopic (exact) mass is 280 g/mol. The van der Waals surface area contributed by atoms with E-state index in [0.717, 1.165) is 25.2 Å². The summed E-state index contributed by atoms with van der Waals surface area (Å²) in [5, 5.41) is 11.6. The van der Waals surface area contributed by atoms with Crippen LogP contribution in [-0.2, 0) is 0 Å². The largest absolute Gasteiger partial charge is 0.490 e. The minimum Gasteiger partial charge on any atom is -0.490 e. The van der Waals surface area contributed by atoms with Crippen LogP contribution in [0.1, 0.15) is 26.3 Å². The van der Waals surface area contributed by atoms with Crippen LogP contribution in [0.3, 0.4) is 0 Å². The van der Waals surface area contributed by atoms with Crippen LogP contribution >= 0.6 is 0 Å². The van der Waals surface area contributed by atoms with E-state index in [1.807, 2.05) is 19.1 Å². The van der Waals surface area contributed by atoms with Gasteiger partial charge in [-0.3, -0.25) is 0 Å². The fraction of sp³-hybridized carbons (Fsp3) is 0.533. The van der Waals surface area contributed by atoms with Gasteiger partial charge in [0, 0.05) is 12.1 Å². The normalized spacial score (nSPS) is 11.2. The lowest BCUT2D eigenvalue weighted by Gasteiger charge is -2.19. The van der Waals surface area contributed by atoms with Gasteiger partial charge in [0.05, 0.1) is 12.8 Å². The fourth-order valence-electron chi connectivity index (χ4n) is 1.88. The third kappa shape index (κ3) is 5.09. The van der Waals surface area contributed by atoms with Gasteiger partial charge < -0.3 is 19.6 Å². The summed E-state index contributed by atoms with van der Waals surface area (Å²) in [4.78, 5) is 2.30. The van der Waals surface area contributed by atoms with Crippen molar-refractivity contribution >= 4 is 6.21 Å². The third-order valence-corrected chi connectivity index (χ3v) is 3.03. The Hall–Kier alpha value is -1.75. The Morgan fingerprint density at radius 2 is 1.90 bits per heavy atom. The van der Waals surface area contributed by atoms with Gasteiger partial charge in [0.1, 0.15) is 6.61 Å². The van der Waals surface area contributed by atoms with Crippen LogP contribution in [-0.4, -0.2) is 49.2 Å². The lowest BCUT2D eigenvalue weighted by molar-refractivity contribution is 0.214. The average Bonchev–Trinajstić information content (AvgIpc) is 2.46. The molecule has 0 bridgehead atoms. The van der Waals surface area contributed by atoms with E-state index in [1.165, 1.54) is 6.21 Å². The Bertz CT molecular complexity index is 418. The van der Waals surface area contributed by atoms with Gasteiger partial charge in [-0.15, -0.1) is 0 Å². The third-order valence-electron chi connectivity index (χ3n) is 3.03. The van der Waals surface area contributed by atoms with Gasteiger partial charge in [-0.1, -0.05) is 19.0 Å². The molecule has 0 aliphatic rings. The van der Waals surface area contributed by atoms with Crippen molar-refractivity contribution in [3.05, 3.63) is 23.8 Å². The van der Waals surface area contributed by atoms with E-state index >= 15 is 0 Å². The first-order valence-corrected chi connectivity index (χ1v) is 7.04. The molecule has 0 aromatic heterocycles. The molecule has 0 spiro atoms. The van der Waals surface area contributed by atoms with Crippen LogP contribution < -0.4 is 9.47 Å². The smallest absolute Gasteiger partial charge is 0.161 e. The first kappa shape index (κ1) is 16.3. The number of likely N-dealkylation sites (N-methyl/N-ethyl adjacent to an activating group) is 1. The summed E-state index contributed by atoms with van der Waals surface area (Å²) in [7, 11) is 0. The minimum atomic E-state index is 0.562. The molecule has 1 rings (SSSR count). The highest BCUT2D eigenvalue weighted by atomic mass is 16.5. The Balaban J connectivity index is 2.68. The highest BCUT2D eigenvalue weighted by molar-refractivity contribution is 5.80. The summed E-state index contributed by atoms with van der Waals surface area (Å²) in [6.07, 6.45) is 1.36. The number of hydrogen-bond acceptors (Lipinski definition) is 5. The Kier molecular flexibility index (Phi) is 7.50. The maximum absolute atomic E-state index is 8.56. The van der Waals surface area contributed by atoms with Crippen molar-refractivity contribution in [2.24, 2.45) is 5.16 Å². The second kappa shape index (κ2) is 9.20. The molecule has 112 valence electrons. The zero-order valence-electron chi connectivity index (χ0n) is 12.5. The minimum absolute atomic E-state index is 0.562. The summed E-state index contributed by atoms with van der Waals surface area (Å²) in [6.45, 7) is 10.3. The Morgan fingerprint density at radius 1 is 1.15 bits per heavy atom. The van der Waals surface area contributed by atoms with Crippen molar-refractivity contribution in [1.82, 2.24) is 4.90 Å². The second-order valence-electron chi connectivity index (χ2n) is 4.26. The molecule has 1 aromatic rings. The van der Waals surface area contributed by atoms with Crippen LogP contribution in [0, 0.1) is 0 Å². The first-order valence-electron chi connectivity index (χ1n) is 7.04. The number of rotatable bonds is 9. The quantitative estimate of drug-likeness (QED) is 0.429. The first-order chi connectivity index (χ1) is 9.74. The highest BCUT2D eigenvalue weighted by Crippen LogP contribution is 2.28. The molecule has 0 radical (unpaired) electrons. The van der Waals surface area contributed by atoms with E-state index in [0.29, 0.717) is 24.7 Å². The van der Waals surface area contributed by atoms with Crippen LogP contribution in [0.25, 0.3) is 0 Å². The van der Waals surface area contributed by atoms with Crippen molar-refractivity contribution in [2.45, 2.75) is 20.8 Å². The van der Waals surface area contributed by atoms with E-state index in [4.69, 9.17) is 14.7 Å². The zero-order chi connectivity index (χ0) is 14.8. The van der Waals surface area contributed by atoms with Crippen molar-refractivity contribution in [1.29, 1.82) is 0 Å². The van der Waals surface area contributed by atoms with Crippen molar-refractivity contribution in [2.75, 3.05) is 32.8 Å². The molecule has 5 heteroatoms. The predicted octanol–water partition coefficient (Wildman–Crippen LogP) is 2.61. The summed E-state index contributed by atoms with van der Waals surface area (Å²) in [6, 6.07) is 5.47. The van der Waals surface area contributed by atoms with E-state index in [9.17, 15) is 0 Å². The number of nitrogens with zero attached hydrogens (tertiary/aromatic N) is 2. The zero-order valence-corrected chi connectivity index (χ0v) is 12.5. The number of hydrogen-bond donors (Lipinski definition) is 1. The van der Waals surface area contributed by atoms with Crippen molar-refractivity contribution in [3.8, 4) is 11.5 Å². The maximum atomic E-state index is 8.56. The van der Waals surface area contributed by atoms with Crippen molar-refractivity contribution < 1.29 is 14.7 Å². The topological polar surface area (TPSA) is 54.3 Å². The molecule has 0 aliphatic heterocycles. The van der Waals surface area contributed by atoms with Gasteiger partial charge in [0.2, 0.25) is 0 Å². The molecule has 0 amide bonds. The maximum Gasteiger partial charge on any atom is 0.161 e. The lowest BCUT2D eigenvalue weighted by atomic mass is 10.2. The average molecular weight is 280 g/mol. The molecule has 20 heavy (non-hydrogen) atoms. The van der Waals surface area contributed by atoms with Gasteiger partial charge in [-0.05, 0) is 38.2 Å². The molecule has 0 heterocycles. The summed E-state index contributed by atoms with van der Waals surface area (Å²) >= 11 is 0. The Labute approximate surface area is 120 Å². The summed E-state index contributed by atoms with van der Waals surface area (Å²) in [5.74, 6) is 1.39. The number of benzene rings is 1. The number of ether oxygens (including phenoxy) is 2. The van der Waals surface area contributed by atoms with Gasteiger partial charge in [-0.25, -0.2) is 0 Å². The second-order valence-corrected chi connectivity index (χ2v) is 4.26. The lowest BCUT2D eigenvalue weighted by Crippen LogP contribution is -2.27. The van der Waals surface area contributed by atoms with E-state index < -0.39 is 0 Å². The molecule has 0 fully saturated rings. The van der Waals surface area contributed by atoms with Crippen molar-refractivity contribution in [3.63, 3.8) is 0 Å². The number of oxime groups is 1. The summed E-state index contributed by atoms with van der Waals surface area (Å²) in [5.41, 5.74) is 0.770. The summed E-state index contributed by atoms with van der Waals surface area (Å²) < 4.78 is 11.3. The van der Waals surface area contributed by atoms with E-state index in [-0.39, 0.29) is 0 Å². The SMILES string of the molecule is CCOc1cc(C=NO)ccc1OCCN(CC)CC. The molecule has 1 aromatic carbocycles. The molecule has 1 N–H and O–H groups in total. The van der Waals surface area contributed by atoms with Gasteiger partial charge in [-0.2, -0.15) is 0 Å². The van der Waals surface area contributed by atoms with Crippen LogP contribution in [0.5, 0.6) is 11.5 Å². The molecular weight excluding hydrogens is 256 g/mol. The van der Waals surface area contributed by atoms with Crippen LogP contribution in [0.2, 0.25) is 0 Å². The van der Waals surface area contributed by atoms with E-state index in [2.05, 4.69) is 23.9 Å². The standard InChI is InChI=1S/C15H24N2O3/c1-4-17(5-2)9-10-20-14-8-7-13(12-16-18)11-15(14)19-6-3/h7-8,11-12,18H,4-6,9-10H2,1-3H3. The van der Waals surface area contributed by atoms with Crippen LogP contribution in [0.4, 0.5) is 0 Å². The molecule has 5 nitrogen and oxygen atoms in total. The van der Waals surface area contributed by atoms with Crippen LogP contribution in [0.15, 0.2) is 23.4 Å². The molecule has 0 saturated heterocycles. The van der Waals surface area contributed by atoms with E-state index in [1.54, 1.807) is 6.07 Å². The molecule has 0 unspecified atom stereocenters. The van der Waals surface area contributed by atoms with Gasteiger partial charge in [0.15, 0.2) is 11.5 Å². The highest BCUT2D eigenvalue weighted by Gasteiger charge is 2.07. The predicted molar refractivity (Wildman–Crippen MR) is 80.3 cm³/mol. The molecule has 0 saturated carbocycles. The Morgan fingerprint density at radius 3 is 2.50 bits per heavy atom. The fourth-order valence-corrected chi connectivity index (χ4v) is 1.88. The molecule has 0 atom stereocenters.